The number of nitrogens with zero attached hydrogens (tertiary/aromatic N) is 2. The minimum absolute atomic E-state index is 0. The number of carbonyl (C=O) groups excluding carboxylic acids is 1. The van der Waals surface area contributed by atoms with E-state index in [4.69, 9.17) is 5.26 Å². The summed E-state index contributed by atoms with van der Waals surface area (Å²) < 4.78 is 0. The number of likely N-dealkylation sites (tertiary alicyclic amines) is 1. The zero-order valence-corrected chi connectivity index (χ0v) is 6.00. The summed E-state index contributed by atoms with van der Waals surface area (Å²) >= 11 is 0. The predicted octanol–water partition coefficient (Wildman–Crippen LogP) is -0.128. The van der Waals surface area contributed by atoms with Crippen LogP contribution in [-0.2, 0) is 4.79 Å². The van der Waals surface area contributed by atoms with Gasteiger partial charge in [-0.3, -0.25) is 4.79 Å². The standard InChI is InChI=1S/C7H10N2O.Na.H/c1-6(10)9-4-2-3-7(9)5-8;;/h7H,2-4H2,1H3;;. The predicted molar refractivity (Wildman–Crippen MR) is 43.2 cm³/mol. The Morgan fingerprint density at radius 3 is 2.73 bits per heavy atom. The Kier molecular flexibility index (Phi) is 4.74. The third kappa shape index (κ3) is 2.48. The van der Waals surface area contributed by atoms with Crippen molar-refractivity contribution in [3.8, 4) is 6.07 Å². The molecule has 0 aliphatic carbocycles. The Labute approximate surface area is 88.7 Å². The molecular formula is C7H11N2NaO. The molecule has 56 valence electrons. The van der Waals surface area contributed by atoms with E-state index < -0.39 is 0 Å². The number of nitriles is 1. The molecule has 1 amide bonds. The summed E-state index contributed by atoms with van der Waals surface area (Å²) in [6, 6.07) is 1.95. The van der Waals surface area contributed by atoms with Gasteiger partial charge in [-0.15, -0.1) is 0 Å². The average Bonchev–Trinajstić information content (AvgIpc) is 2.33. The van der Waals surface area contributed by atoms with Crippen molar-refractivity contribution in [1.82, 2.24) is 4.90 Å². The molecule has 1 aliphatic heterocycles. The van der Waals surface area contributed by atoms with Crippen LogP contribution in [0.1, 0.15) is 19.8 Å². The number of hydrogen-bond acceptors (Lipinski definition) is 2. The van der Waals surface area contributed by atoms with Gasteiger partial charge < -0.3 is 4.90 Å². The monoisotopic (exact) mass is 162 g/mol. The molecule has 0 aromatic carbocycles. The minimum atomic E-state index is -0.155. The van der Waals surface area contributed by atoms with Crippen LogP contribution in [0, 0.1) is 11.3 Å². The van der Waals surface area contributed by atoms with Gasteiger partial charge in [0, 0.05) is 13.5 Å². The van der Waals surface area contributed by atoms with Crippen LogP contribution < -0.4 is 0 Å². The Balaban J connectivity index is 0.000001000. The normalized spacial score (nSPS) is 22.2. The van der Waals surface area contributed by atoms with Crippen molar-refractivity contribution in [3.63, 3.8) is 0 Å². The fourth-order valence-corrected chi connectivity index (χ4v) is 1.28. The second-order valence-corrected chi connectivity index (χ2v) is 2.50. The van der Waals surface area contributed by atoms with Crippen molar-refractivity contribution < 1.29 is 4.79 Å². The van der Waals surface area contributed by atoms with Gasteiger partial charge >= 0.3 is 29.6 Å². The molecule has 1 unspecified atom stereocenters. The molecule has 0 aromatic rings. The van der Waals surface area contributed by atoms with Crippen LogP contribution in [0.15, 0.2) is 0 Å². The van der Waals surface area contributed by atoms with Crippen LogP contribution in [-0.4, -0.2) is 53.0 Å². The quantitative estimate of drug-likeness (QED) is 0.466. The maximum absolute atomic E-state index is 10.8. The van der Waals surface area contributed by atoms with Crippen LogP contribution in [0.4, 0.5) is 0 Å². The number of amides is 1. The second-order valence-electron chi connectivity index (χ2n) is 2.50. The van der Waals surface area contributed by atoms with Gasteiger partial charge in [-0.2, -0.15) is 5.26 Å². The maximum atomic E-state index is 10.8. The van der Waals surface area contributed by atoms with Gasteiger partial charge in [-0.25, -0.2) is 0 Å². The van der Waals surface area contributed by atoms with E-state index in [2.05, 4.69) is 6.07 Å². The zero-order chi connectivity index (χ0) is 7.56. The molecule has 1 fully saturated rings. The van der Waals surface area contributed by atoms with Gasteiger partial charge in [0.15, 0.2) is 0 Å². The van der Waals surface area contributed by atoms with Crippen LogP contribution in [0.5, 0.6) is 0 Å². The van der Waals surface area contributed by atoms with Crippen LogP contribution >= 0.6 is 0 Å². The van der Waals surface area contributed by atoms with Crippen molar-refractivity contribution in [1.29, 1.82) is 5.26 Å². The molecule has 1 heterocycles. The van der Waals surface area contributed by atoms with E-state index in [0.29, 0.717) is 0 Å². The molecule has 1 atom stereocenters. The van der Waals surface area contributed by atoms with E-state index >= 15 is 0 Å². The van der Waals surface area contributed by atoms with Crippen molar-refractivity contribution in [2.45, 2.75) is 25.8 Å². The van der Waals surface area contributed by atoms with E-state index in [1.54, 1.807) is 4.90 Å². The molecule has 0 N–H and O–H groups in total. The fourth-order valence-electron chi connectivity index (χ4n) is 1.28. The average molecular weight is 162 g/mol. The third-order valence-electron chi connectivity index (χ3n) is 1.81. The molecule has 0 radical (unpaired) electrons. The Bertz CT molecular complexity index is 187. The first-order valence-electron chi connectivity index (χ1n) is 3.42. The van der Waals surface area contributed by atoms with Crippen molar-refractivity contribution in [3.05, 3.63) is 0 Å². The van der Waals surface area contributed by atoms with Gasteiger partial charge in [-0.1, -0.05) is 0 Å². The van der Waals surface area contributed by atoms with E-state index in [1.165, 1.54) is 6.92 Å². The first-order valence-corrected chi connectivity index (χ1v) is 3.42. The topological polar surface area (TPSA) is 44.1 Å². The molecule has 0 spiro atoms. The first kappa shape index (κ1) is 11.0. The van der Waals surface area contributed by atoms with E-state index in [0.717, 1.165) is 19.4 Å². The molecule has 4 heteroatoms. The zero-order valence-electron chi connectivity index (χ0n) is 6.00. The van der Waals surface area contributed by atoms with Crippen molar-refractivity contribution >= 4 is 35.5 Å². The molecule has 0 saturated carbocycles. The summed E-state index contributed by atoms with van der Waals surface area (Å²) in [7, 11) is 0. The second kappa shape index (κ2) is 4.76. The Morgan fingerprint density at radius 2 is 2.36 bits per heavy atom. The van der Waals surface area contributed by atoms with E-state index in [1.807, 2.05) is 0 Å². The number of carbonyl (C=O) groups is 1. The summed E-state index contributed by atoms with van der Waals surface area (Å²) in [5.74, 6) is 0.0176. The molecule has 1 rings (SSSR count). The molecule has 0 aromatic heterocycles. The summed E-state index contributed by atoms with van der Waals surface area (Å²) in [5.41, 5.74) is 0. The molecule has 11 heavy (non-hydrogen) atoms. The van der Waals surface area contributed by atoms with Gasteiger partial charge in [0.25, 0.3) is 0 Å². The molecule has 1 aliphatic rings. The molecule has 1 saturated heterocycles. The fraction of sp³-hybridized carbons (Fsp3) is 0.714. The molecule has 0 bridgehead atoms. The van der Waals surface area contributed by atoms with Gasteiger partial charge in [-0.05, 0) is 12.8 Å². The first-order chi connectivity index (χ1) is 4.75. The molecule has 3 nitrogen and oxygen atoms in total. The van der Waals surface area contributed by atoms with Crippen LogP contribution in [0.2, 0.25) is 0 Å². The van der Waals surface area contributed by atoms with Crippen LogP contribution in [0.3, 0.4) is 0 Å². The van der Waals surface area contributed by atoms with Gasteiger partial charge in [0.05, 0.1) is 6.07 Å². The van der Waals surface area contributed by atoms with Gasteiger partial charge in [0.1, 0.15) is 6.04 Å². The number of hydrogen-bond donors (Lipinski definition) is 0. The Hall–Kier alpha value is -0.0400. The number of rotatable bonds is 0. The molecular weight excluding hydrogens is 151 g/mol. The summed E-state index contributed by atoms with van der Waals surface area (Å²) in [5, 5.41) is 8.54. The summed E-state index contributed by atoms with van der Waals surface area (Å²) in [6.45, 7) is 2.27. The van der Waals surface area contributed by atoms with E-state index in [9.17, 15) is 4.79 Å². The third-order valence-corrected chi connectivity index (χ3v) is 1.81. The summed E-state index contributed by atoms with van der Waals surface area (Å²) in [4.78, 5) is 12.4. The van der Waals surface area contributed by atoms with Crippen LogP contribution in [0.25, 0.3) is 0 Å². The van der Waals surface area contributed by atoms with Crippen molar-refractivity contribution in [2.75, 3.05) is 6.54 Å². The SMILES string of the molecule is CC(=O)N1CCCC1C#N.[NaH]. The van der Waals surface area contributed by atoms with E-state index in [-0.39, 0.29) is 41.5 Å². The van der Waals surface area contributed by atoms with Gasteiger partial charge in [0.2, 0.25) is 5.91 Å². The van der Waals surface area contributed by atoms with Crippen molar-refractivity contribution in [2.24, 2.45) is 0 Å². The summed E-state index contributed by atoms with van der Waals surface area (Å²) in [6.07, 6.45) is 1.81. The Morgan fingerprint density at radius 1 is 1.73 bits per heavy atom.